The van der Waals surface area contributed by atoms with Crippen LogP contribution in [0.5, 0.6) is 0 Å². The lowest BCUT2D eigenvalue weighted by atomic mass is 10.1. The van der Waals surface area contributed by atoms with Crippen molar-refractivity contribution in [2.45, 2.75) is 13.8 Å². The fourth-order valence-electron chi connectivity index (χ4n) is 2.53. The smallest absolute Gasteiger partial charge is 0.267 e. The van der Waals surface area contributed by atoms with E-state index in [0.29, 0.717) is 16.4 Å². The molecule has 0 bridgehead atoms. The molecule has 0 spiro atoms. The fourth-order valence-corrected chi connectivity index (χ4v) is 2.66. The molecule has 0 aliphatic carbocycles. The quantitative estimate of drug-likeness (QED) is 0.530. The van der Waals surface area contributed by atoms with Crippen LogP contribution in [-0.4, -0.2) is 15.7 Å². The van der Waals surface area contributed by atoms with Gasteiger partial charge in [0.1, 0.15) is 17.5 Å². The molecule has 6 heteroatoms. The maximum Gasteiger partial charge on any atom is 0.267 e. The fraction of sp³-hybridized carbons (Fsp3) is 0.0952. The highest BCUT2D eigenvalue weighted by atomic mass is 35.5. The number of nitrogens with one attached hydrogen (secondary N) is 1. The predicted molar refractivity (Wildman–Crippen MR) is 107 cm³/mol. The van der Waals surface area contributed by atoms with Gasteiger partial charge < -0.3 is 5.32 Å². The number of amides is 1. The van der Waals surface area contributed by atoms with Crippen molar-refractivity contribution in [1.29, 1.82) is 5.26 Å². The predicted octanol–water partition coefficient (Wildman–Crippen LogP) is 4.69. The maximum atomic E-state index is 12.6. The Labute approximate surface area is 162 Å². The number of hydrogen-bond donors (Lipinski definition) is 1. The third kappa shape index (κ3) is 4.43. The summed E-state index contributed by atoms with van der Waals surface area (Å²) in [5, 5.41) is 17.2. The van der Waals surface area contributed by atoms with Gasteiger partial charge in [-0.25, -0.2) is 4.68 Å². The van der Waals surface area contributed by atoms with Crippen molar-refractivity contribution < 1.29 is 4.79 Å². The molecule has 3 rings (SSSR count). The summed E-state index contributed by atoms with van der Waals surface area (Å²) in [6, 6.07) is 18.4. The van der Waals surface area contributed by atoms with Gasteiger partial charge >= 0.3 is 0 Å². The molecule has 5 nitrogen and oxygen atoms in total. The Morgan fingerprint density at radius 3 is 2.44 bits per heavy atom. The van der Waals surface area contributed by atoms with Gasteiger partial charge in [0.2, 0.25) is 0 Å². The summed E-state index contributed by atoms with van der Waals surface area (Å²) < 4.78 is 1.64. The largest absolute Gasteiger partial charge is 0.306 e. The zero-order valence-electron chi connectivity index (χ0n) is 14.9. The molecule has 2 aromatic carbocycles. The Bertz CT molecular complexity index is 1040. The van der Waals surface area contributed by atoms with Crippen LogP contribution in [0.2, 0.25) is 5.02 Å². The summed E-state index contributed by atoms with van der Waals surface area (Å²) in [6.45, 7) is 3.84. The highest BCUT2D eigenvalue weighted by Crippen LogP contribution is 2.19. The molecule has 1 N–H and O–H groups in total. The SMILES string of the molecule is Cc1ccc(-n2nc(C)cc2NC(=O)/C(C#N)=C/c2ccc(Cl)cc2)cc1. The average Bonchev–Trinajstić information content (AvgIpc) is 3.02. The Morgan fingerprint density at radius 2 is 1.81 bits per heavy atom. The van der Waals surface area contributed by atoms with Gasteiger partial charge in [-0.2, -0.15) is 10.4 Å². The molecular formula is C21H17ClN4O. The molecule has 0 saturated heterocycles. The first kappa shape index (κ1) is 18.4. The highest BCUT2D eigenvalue weighted by Gasteiger charge is 2.14. The van der Waals surface area contributed by atoms with Crippen molar-refractivity contribution in [1.82, 2.24) is 9.78 Å². The van der Waals surface area contributed by atoms with Crippen molar-refractivity contribution in [3.63, 3.8) is 0 Å². The first-order valence-corrected chi connectivity index (χ1v) is 8.66. The third-order valence-corrected chi connectivity index (χ3v) is 4.15. The minimum absolute atomic E-state index is 0.00775. The van der Waals surface area contributed by atoms with Crippen molar-refractivity contribution in [2.24, 2.45) is 0 Å². The lowest BCUT2D eigenvalue weighted by molar-refractivity contribution is -0.112. The van der Waals surface area contributed by atoms with Gasteiger partial charge in [-0.3, -0.25) is 4.79 Å². The van der Waals surface area contributed by atoms with Crippen molar-refractivity contribution in [2.75, 3.05) is 5.32 Å². The van der Waals surface area contributed by atoms with E-state index in [4.69, 9.17) is 11.6 Å². The van der Waals surface area contributed by atoms with Crippen molar-refractivity contribution in [3.05, 3.63) is 82.0 Å². The van der Waals surface area contributed by atoms with Crippen LogP contribution in [-0.2, 0) is 4.79 Å². The Kier molecular flexibility index (Phi) is 5.39. The number of nitrogens with zero attached hydrogens (tertiary/aromatic N) is 3. The minimum Gasteiger partial charge on any atom is -0.306 e. The van der Waals surface area contributed by atoms with Gasteiger partial charge in [0, 0.05) is 11.1 Å². The standard InChI is InChI=1S/C21H17ClN4O/c1-14-3-9-19(10-4-14)26-20(11-15(2)25-26)24-21(27)17(13-23)12-16-5-7-18(22)8-6-16/h3-12H,1-2H3,(H,24,27)/b17-12+. The number of halogens is 1. The number of nitriles is 1. The summed E-state index contributed by atoms with van der Waals surface area (Å²) in [5.41, 5.74) is 3.42. The molecule has 0 atom stereocenters. The summed E-state index contributed by atoms with van der Waals surface area (Å²) in [6.07, 6.45) is 1.52. The molecule has 1 heterocycles. The third-order valence-electron chi connectivity index (χ3n) is 3.90. The molecule has 0 aliphatic heterocycles. The van der Waals surface area contributed by atoms with E-state index in [1.165, 1.54) is 6.08 Å². The summed E-state index contributed by atoms with van der Waals surface area (Å²) in [5.74, 6) is -0.000629. The molecule has 1 aromatic heterocycles. The zero-order chi connectivity index (χ0) is 19.4. The number of benzene rings is 2. The number of aromatic nitrogens is 2. The van der Waals surface area contributed by atoms with Gasteiger partial charge in [-0.15, -0.1) is 0 Å². The van der Waals surface area contributed by atoms with Crippen LogP contribution < -0.4 is 5.32 Å². The number of carbonyl (C=O) groups is 1. The number of anilines is 1. The Hall–Kier alpha value is -3.36. The minimum atomic E-state index is -0.499. The van der Waals surface area contributed by atoms with E-state index in [9.17, 15) is 10.1 Å². The normalized spacial score (nSPS) is 11.1. The van der Waals surface area contributed by atoms with E-state index in [0.717, 1.165) is 16.9 Å². The van der Waals surface area contributed by atoms with Crippen molar-refractivity contribution in [3.8, 4) is 11.8 Å². The van der Waals surface area contributed by atoms with Crippen LogP contribution >= 0.6 is 11.6 Å². The van der Waals surface area contributed by atoms with Gasteiger partial charge in [-0.05, 0) is 49.8 Å². The molecular weight excluding hydrogens is 360 g/mol. The molecule has 0 unspecified atom stereocenters. The molecule has 134 valence electrons. The van der Waals surface area contributed by atoms with E-state index in [1.54, 1.807) is 35.0 Å². The summed E-state index contributed by atoms with van der Waals surface area (Å²) in [4.78, 5) is 12.6. The highest BCUT2D eigenvalue weighted by molar-refractivity contribution is 6.30. The van der Waals surface area contributed by atoms with E-state index >= 15 is 0 Å². The molecule has 3 aromatic rings. The summed E-state index contributed by atoms with van der Waals surface area (Å²) in [7, 11) is 0. The van der Waals surface area contributed by atoms with Crippen LogP contribution in [0, 0.1) is 25.2 Å². The van der Waals surface area contributed by atoms with Gasteiger partial charge in [0.05, 0.1) is 11.4 Å². The molecule has 27 heavy (non-hydrogen) atoms. The van der Waals surface area contributed by atoms with E-state index in [2.05, 4.69) is 10.4 Å². The van der Waals surface area contributed by atoms with E-state index in [-0.39, 0.29) is 5.57 Å². The topological polar surface area (TPSA) is 70.7 Å². The van der Waals surface area contributed by atoms with Crippen LogP contribution in [0.1, 0.15) is 16.8 Å². The van der Waals surface area contributed by atoms with Gasteiger partial charge in [0.15, 0.2) is 0 Å². The van der Waals surface area contributed by atoms with Crippen LogP contribution in [0.4, 0.5) is 5.82 Å². The van der Waals surface area contributed by atoms with Crippen molar-refractivity contribution >= 4 is 29.4 Å². The Morgan fingerprint density at radius 1 is 1.15 bits per heavy atom. The second-order valence-corrected chi connectivity index (χ2v) is 6.53. The van der Waals surface area contributed by atoms with Crippen LogP contribution in [0.3, 0.4) is 0 Å². The molecule has 0 fully saturated rings. The van der Waals surface area contributed by atoms with Gasteiger partial charge in [-0.1, -0.05) is 41.4 Å². The summed E-state index contributed by atoms with van der Waals surface area (Å²) >= 11 is 5.86. The molecule has 0 saturated carbocycles. The number of carbonyl (C=O) groups excluding carboxylic acids is 1. The second kappa shape index (κ2) is 7.90. The zero-order valence-corrected chi connectivity index (χ0v) is 15.7. The number of hydrogen-bond acceptors (Lipinski definition) is 3. The maximum absolute atomic E-state index is 12.6. The second-order valence-electron chi connectivity index (χ2n) is 6.09. The van der Waals surface area contributed by atoms with E-state index in [1.807, 2.05) is 44.2 Å². The lowest BCUT2D eigenvalue weighted by Crippen LogP contribution is -2.16. The first-order valence-electron chi connectivity index (χ1n) is 8.28. The molecule has 0 radical (unpaired) electrons. The van der Waals surface area contributed by atoms with Gasteiger partial charge in [0.25, 0.3) is 5.91 Å². The monoisotopic (exact) mass is 376 g/mol. The average molecular weight is 377 g/mol. The van der Waals surface area contributed by atoms with E-state index < -0.39 is 5.91 Å². The Balaban J connectivity index is 1.88. The molecule has 1 amide bonds. The first-order chi connectivity index (χ1) is 13.0. The number of aryl methyl sites for hydroxylation is 2. The molecule has 0 aliphatic rings. The number of rotatable bonds is 4. The van der Waals surface area contributed by atoms with Crippen LogP contribution in [0.15, 0.2) is 60.2 Å². The lowest BCUT2D eigenvalue weighted by Gasteiger charge is -2.09. The van der Waals surface area contributed by atoms with Crippen LogP contribution in [0.25, 0.3) is 11.8 Å².